The number of hydrogen-bond acceptors (Lipinski definition) is 2. The van der Waals surface area contributed by atoms with Gasteiger partial charge in [-0.2, -0.15) is 0 Å². The summed E-state index contributed by atoms with van der Waals surface area (Å²) in [7, 11) is 0. The molecule has 0 bridgehead atoms. The maximum atomic E-state index is 5.42. The molecule has 0 atom stereocenters. The zero-order valence-electron chi connectivity index (χ0n) is 7.17. The first-order valence-electron chi connectivity index (χ1n) is 4.08. The Kier molecular flexibility index (Phi) is 3.69. The number of aryl methyl sites for hydroxylation is 2. The van der Waals surface area contributed by atoms with Crippen LogP contribution in [0, 0.1) is 0 Å². The fourth-order valence-electron chi connectivity index (χ4n) is 0.993. The summed E-state index contributed by atoms with van der Waals surface area (Å²) in [6, 6.07) is 4.35. The smallest absolute Gasteiger partial charge is 0.0730 e. The standard InChI is InChI=1S/C9H13NS2/c1-2-7-3-4-8(12-7)5-6-9(10)11/h3-4H,2,5-6H2,1H3,(H2,10,11). The van der Waals surface area contributed by atoms with Crippen molar-refractivity contribution < 1.29 is 0 Å². The maximum absolute atomic E-state index is 5.42. The third kappa shape index (κ3) is 2.91. The Morgan fingerprint density at radius 2 is 2.17 bits per heavy atom. The molecule has 2 N–H and O–H groups in total. The summed E-state index contributed by atoms with van der Waals surface area (Å²) >= 11 is 6.67. The molecule has 66 valence electrons. The molecule has 0 aromatic carbocycles. The van der Waals surface area contributed by atoms with Crippen molar-refractivity contribution in [3.05, 3.63) is 21.9 Å². The van der Waals surface area contributed by atoms with Crippen LogP contribution in [0.15, 0.2) is 12.1 Å². The van der Waals surface area contributed by atoms with E-state index in [2.05, 4.69) is 19.1 Å². The molecule has 0 radical (unpaired) electrons. The molecule has 1 heterocycles. The first-order chi connectivity index (χ1) is 5.72. The van der Waals surface area contributed by atoms with E-state index in [0.717, 1.165) is 19.3 Å². The number of thiophene rings is 1. The molecule has 0 aliphatic carbocycles. The largest absolute Gasteiger partial charge is 0.393 e. The average Bonchev–Trinajstić information content (AvgIpc) is 2.48. The van der Waals surface area contributed by atoms with Crippen LogP contribution >= 0.6 is 23.6 Å². The van der Waals surface area contributed by atoms with Crippen molar-refractivity contribution in [1.82, 2.24) is 0 Å². The van der Waals surface area contributed by atoms with Gasteiger partial charge in [-0.15, -0.1) is 11.3 Å². The molecule has 0 unspecified atom stereocenters. The SMILES string of the molecule is CCc1ccc(CCC(N)=S)s1. The fraction of sp³-hybridized carbons (Fsp3) is 0.444. The topological polar surface area (TPSA) is 26.0 Å². The minimum atomic E-state index is 0.612. The molecule has 1 aromatic heterocycles. The van der Waals surface area contributed by atoms with Crippen molar-refractivity contribution in [3.8, 4) is 0 Å². The molecule has 1 rings (SSSR count). The van der Waals surface area contributed by atoms with E-state index in [1.54, 1.807) is 0 Å². The number of hydrogen-bond donors (Lipinski definition) is 1. The molecule has 1 aromatic rings. The Bertz CT molecular complexity index is 265. The molecule has 0 aliphatic heterocycles. The van der Waals surface area contributed by atoms with E-state index in [1.807, 2.05) is 11.3 Å². The predicted molar refractivity (Wildman–Crippen MR) is 58.8 cm³/mol. The Morgan fingerprint density at radius 1 is 1.50 bits per heavy atom. The molecule has 0 spiro atoms. The van der Waals surface area contributed by atoms with Gasteiger partial charge in [0.1, 0.15) is 0 Å². The van der Waals surface area contributed by atoms with Crippen LogP contribution in [0.3, 0.4) is 0 Å². The summed E-state index contributed by atoms with van der Waals surface area (Å²) in [4.78, 5) is 3.44. The number of thiocarbonyl (C=S) groups is 1. The summed E-state index contributed by atoms with van der Waals surface area (Å²) < 4.78 is 0. The lowest BCUT2D eigenvalue weighted by Crippen LogP contribution is -2.07. The first-order valence-corrected chi connectivity index (χ1v) is 5.30. The second kappa shape index (κ2) is 4.58. The highest BCUT2D eigenvalue weighted by atomic mass is 32.1. The van der Waals surface area contributed by atoms with Gasteiger partial charge < -0.3 is 5.73 Å². The highest BCUT2D eigenvalue weighted by Gasteiger charge is 1.98. The zero-order chi connectivity index (χ0) is 8.97. The Balaban J connectivity index is 2.47. The molecular formula is C9H13NS2. The van der Waals surface area contributed by atoms with Crippen molar-refractivity contribution in [3.63, 3.8) is 0 Å². The predicted octanol–water partition coefficient (Wildman–Crippen LogP) is 2.53. The monoisotopic (exact) mass is 199 g/mol. The van der Waals surface area contributed by atoms with Crippen LogP contribution in [-0.2, 0) is 12.8 Å². The molecule has 1 nitrogen and oxygen atoms in total. The van der Waals surface area contributed by atoms with Crippen LogP contribution < -0.4 is 5.73 Å². The van der Waals surface area contributed by atoms with Gasteiger partial charge in [-0.3, -0.25) is 0 Å². The second-order valence-corrected chi connectivity index (χ2v) is 4.47. The van der Waals surface area contributed by atoms with Crippen molar-refractivity contribution in [2.75, 3.05) is 0 Å². The number of rotatable bonds is 4. The normalized spacial score (nSPS) is 10.1. The lowest BCUT2D eigenvalue weighted by molar-refractivity contribution is 1.07. The van der Waals surface area contributed by atoms with E-state index in [4.69, 9.17) is 18.0 Å². The van der Waals surface area contributed by atoms with Crippen LogP contribution in [0.4, 0.5) is 0 Å². The third-order valence-corrected chi connectivity index (χ3v) is 3.18. The second-order valence-electron chi connectivity index (χ2n) is 2.69. The van der Waals surface area contributed by atoms with E-state index in [-0.39, 0.29) is 0 Å². The van der Waals surface area contributed by atoms with Crippen LogP contribution in [-0.4, -0.2) is 4.99 Å². The van der Waals surface area contributed by atoms with Crippen molar-refractivity contribution >= 4 is 28.5 Å². The lowest BCUT2D eigenvalue weighted by atomic mass is 10.2. The lowest BCUT2D eigenvalue weighted by Gasteiger charge is -1.94. The fourth-order valence-corrected chi connectivity index (χ4v) is 2.05. The van der Waals surface area contributed by atoms with E-state index in [9.17, 15) is 0 Å². The van der Waals surface area contributed by atoms with E-state index >= 15 is 0 Å². The maximum Gasteiger partial charge on any atom is 0.0730 e. The molecule has 3 heteroatoms. The van der Waals surface area contributed by atoms with E-state index in [1.165, 1.54) is 9.75 Å². The molecule has 0 amide bonds. The van der Waals surface area contributed by atoms with Gasteiger partial charge in [-0.1, -0.05) is 19.1 Å². The highest BCUT2D eigenvalue weighted by molar-refractivity contribution is 7.80. The first kappa shape index (κ1) is 9.68. The van der Waals surface area contributed by atoms with Crippen molar-refractivity contribution in [2.24, 2.45) is 5.73 Å². The molecule has 0 saturated carbocycles. The number of nitrogens with two attached hydrogens (primary N) is 1. The van der Waals surface area contributed by atoms with Crippen LogP contribution in [0.2, 0.25) is 0 Å². The molecule has 0 fully saturated rings. The van der Waals surface area contributed by atoms with Crippen LogP contribution in [0.1, 0.15) is 23.1 Å². The quantitative estimate of drug-likeness (QED) is 0.754. The van der Waals surface area contributed by atoms with Gasteiger partial charge in [0.2, 0.25) is 0 Å². The summed E-state index contributed by atoms with van der Waals surface area (Å²) in [5.41, 5.74) is 5.42. The molecular weight excluding hydrogens is 186 g/mol. The van der Waals surface area contributed by atoms with Crippen molar-refractivity contribution in [1.29, 1.82) is 0 Å². The van der Waals surface area contributed by atoms with Gasteiger partial charge in [0.05, 0.1) is 4.99 Å². The Labute approximate surface area is 82.6 Å². The average molecular weight is 199 g/mol. The summed E-state index contributed by atoms with van der Waals surface area (Å²) in [6.45, 7) is 2.17. The van der Waals surface area contributed by atoms with E-state index in [0.29, 0.717) is 4.99 Å². The minimum Gasteiger partial charge on any atom is -0.393 e. The minimum absolute atomic E-state index is 0.612. The van der Waals surface area contributed by atoms with Crippen molar-refractivity contribution in [2.45, 2.75) is 26.2 Å². The Hall–Kier alpha value is -0.410. The summed E-state index contributed by atoms with van der Waals surface area (Å²) in [6.07, 6.45) is 2.96. The highest BCUT2D eigenvalue weighted by Crippen LogP contribution is 2.18. The Morgan fingerprint density at radius 3 is 2.67 bits per heavy atom. The van der Waals surface area contributed by atoms with Gasteiger partial charge >= 0.3 is 0 Å². The summed E-state index contributed by atoms with van der Waals surface area (Å²) in [5, 5.41) is 0. The van der Waals surface area contributed by atoms with Gasteiger partial charge in [0, 0.05) is 16.2 Å². The van der Waals surface area contributed by atoms with E-state index < -0.39 is 0 Å². The zero-order valence-corrected chi connectivity index (χ0v) is 8.80. The van der Waals surface area contributed by atoms with Crippen LogP contribution in [0.5, 0.6) is 0 Å². The van der Waals surface area contributed by atoms with Gasteiger partial charge in [0.25, 0.3) is 0 Å². The van der Waals surface area contributed by atoms with Gasteiger partial charge in [-0.25, -0.2) is 0 Å². The molecule has 0 saturated heterocycles. The summed E-state index contributed by atoms with van der Waals surface area (Å²) in [5.74, 6) is 0. The van der Waals surface area contributed by atoms with Gasteiger partial charge in [-0.05, 0) is 25.0 Å². The van der Waals surface area contributed by atoms with Crippen LogP contribution in [0.25, 0.3) is 0 Å². The molecule has 0 aliphatic rings. The van der Waals surface area contributed by atoms with Gasteiger partial charge in [0.15, 0.2) is 0 Å². The third-order valence-electron chi connectivity index (χ3n) is 1.68. The molecule has 12 heavy (non-hydrogen) atoms.